The van der Waals surface area contributed by atoms with Gasteiger partial charge in [-0.25, -0.2) is 0 Å². The molecule has 0 aromatic heterocycles. The second-order valence-electron chi connectivity index (χ2n) is 5.78. The van der Waals surface area contributed by atoms with Crippen molar-refractivity contribution in [2.75, 3.05) is 18.6 Å². The molecule has 19 heavy (non-hydrogen) atoms. The molecular weight excluding hydrogens is 254 g/mol. The summed E-state index contributed by atoms with van der Waals surface area (Å²) in [6.07, 6.45) is 15.6. The molecule has 0 aromatic rings. The van der Waals surface area contributed by atoms with Gasteiger partial charge in [-0.2, -0.15) is 0 Å². The Morgan fingerprint density at radius 1 is 0.895 bits per heavy atom. The monoisotopic (exact) mass is 289 g/mol. The van der Waals surface area contributed by atoms with E-state index < -0.39 is 10.8 Å². The van der Waals surface area contributed by atoms with Gasteiger partial charge in [0.15, 0.2) is 0 Å². The normalized spacial score (nSPS) is 14.5. The van der Waals surface area contributed by atoms with Crippen LogP contribution in [0.5, 0.6) is 0 Å². The van der Waals surface area contributed by atoms with Crippen LogP contribution in [0.1, 0.15) is 78.1 Å². The second-order valence-corrected chi connectivity index (χ2v) is 7.26. The van der Waals surface area contributed by atoms with Gasteiger partial charge >= 0.3 is 0 Å². The molecule has 0 saturated heterocycles. The first-order valence-electron chi connectivity index (χ1n) is 8.20. The Kier molecular flexibility index (Phi) is 14.6. The predicted octanol–water partition coefficient (Wildman–Crippen LogP) is 4.26. The molecular formula is C16H35NOS. The molecule has 0 bridgehead atoms. The van der Waals surface area contributed by atoms with Crippen molar-refractivity contribution in [1.29, 1.82) is 0 Å². The first kappa shape index (κ1) is 19.1. The molecule has 0 fully saturated rings. The summed E-state index contributed by atoms with van der Waals surface area (Å²) in [6.45, 7) is 5.47. The molecule has 0 radical (unpaired) electrons. The van der Waals surface area contributed by atoms with E-state index in [9.17, 15) is 4.21 Å². The molecule has 1 N–H and O–H groups in total. The van der Waals surface area contributed by atoms with Crippen molar-refractivity contribution in [2.45, 2.75) is 84.1 Å². The van der Waals surface area contributed by atoms with E-state index >= 15 is 0 Å². The van der Waals surface area contributed by atoms with Crippen molar-refractivity contribution in [3.05, 3.63) is 0 Å². The summed E-state index contributed by atoms with van der Waals surface area (Å²) < 4.78 is 11.0. The summed E-state index contributed by atoms with van der Waals surface area (Å²) in [5.74, 6) is 0.776. The van der Waals surface area contributed by atoms with Gasteiger partial charge in [0.1, 0.15) is 0 Å². The van der Waals surface area contributed by atoms with Crippen LogP contribution in [0, 0.1) is 0 Å². The van der Waals surface area contributed by atoms with E-state index in [0.29, 0.717) is 6.04 Å². The summed E-state index contributed by atoms with van der Waals surface area (Å²) in [6, 6.07) is 0.393. The largest absolute Gasteiger partial charge is 0.313 e. The average Bonchev–Trinajstić information content (AvgIpc) is 2.35. The molecule has 0 aliphatic rings. The lowest BCUT2D eigenvalue weighted by Crippen LogP contribution is -2.31. The standard InChI is InChI=1S/C16H35NOS/c1-4-5-6-7-8-9-10-11-12-13-14-17-16(2)15-19(3)18/h16-17H,4-15H2,1-3H3. The van der Waals surface area contributed by atoms with Crippen molar-refractivity contribution in [3.8, 4) is 0 Å². The van der Waals surface area contributed by atoms with Crippen LogP contribution in [-0.2, 0) is 10.8 Å². The van der Waals surface area contributed by atoms with Crippen LogP contribution in [-0.4, -0.2) is 28.8 Å². The number of unbranched alkanes of at least 4 members (excludes halogenated alkanes) is 9. The minimum absolute atomic E-state index is 0.393. The van der Waals surface area contributed by atoms with Crippen LogP contribution in [0.25, 0.3) is 0 Å². The number of hydrogen-bond acceptors (Lipinski definition) is 2. The zero-order chi connectivity index (χ0) is 14.3. The van der Waals surface area contributed by atoms with Crippen LogP contribution >= 0.6 is 0 Å². The lowest BCUT2D eigenvalue weighted by Gasteiger charge is -2.11. The average molecular weight is 290 g/mol. The molecule has 2 atom stereocenters. The Hall–Kier alpha value is 0.110. The summed E-state index contributed by atoms with van der Waals surface area (Å²) in [5, 5.41) is 3.45. The highest BCUT2D eigenvalue weighted by Crippen LogP contribution is 2.10. The predicted molar refractivity (Wildman–Crippen MR) is 88.2 cm³/mol. The molecule has 0 amide bonds. The summed E-state index contributed by atoms with van der Waals surface area (Å²) in [5.41, 5.74) is 0. The highest BCUT2D eigenvalue weighted by molar-refractivity contribution is 7.84. The van der Waals surface area contributed by atoms with E-state index in [1.165, 1.54) is 64.2 Å². The van der Waals surface area contributed by atoms with Crippen LogP contribution in [0.15, 0.2) is 0 Å². The maximum atomic E-state index is 11.0. The minimum Gasteiger partial charge on any atom is -0.313 e. The fourth-order valence-corrected chi connectivity index (χ4v) is 3.19. The minimum atomic E-state index is -0.674. The molecule has 0 spiro atoms. The van der Waals surface area contributed by atoms with Crippen LogP contribution < -0.4 is 5.32 Å². The van der Waals surface area contributed by atoms with Crippen LogP contribution in [0.2, 0.25) is 0 Å². The lowest BCUT2D eigenvalue weighted by molar-refractivity contribution is 0.524. The quantitative estimate of drug-likeness (QED) is 0.484. The third kappa shape index (κ3) is 16.1. The summed E-state index contributed by atoms with van der Waals surface area (Å²) in [4.78, 5) is 0. The highest BCUT2D eigenvalue weighted by Gasteiger charge is 2.02. The van der Waals surface area contributed by atoms with Crippen LogP contribution in [0.4, 0.5) is 0 Å². The van der Waals surface area contributed by atoms with Gasteiger partial charge in [-0.15, -0.1) is 0 Å². The number of hydrogen-bond donors (Lipinski definition) is 1. The Bertz CT molecular complexity index is 209. The summed E-state index contributed by atoms with van der Waals surface area (Å²) >= 11 is 0. The van der Waals surface area contributed by atoms with Gasteiger partial charge in [0.05, 0.1) is 0 Å². The van der Waals surface area contributed by atoms with Gasteiger partial charge in [-0.05, 0) is 19.9 Å². The Morgan fingerprint density at radius 2 is 1.37 bits per heavy atom. The molecule has 116 valence electrons. The van der Waals surface area contributed by atoms with Gasteiger partial charge in [0.25, 0.3) is 0 Å². The van der Waals surface area contributed by atoms with Gasteiger partial charge in [-0.3, -0.25) is 4.21 Å². The molecule has 0 heterocycles. The molecule has 2 nitrogen and oxygen atoms in total. The van der Waals surface area contributed by atoms with E-state index in [1.807, 2.05) is 0 Å². The van der Waals surface area contributed by atoms with E-state index in [-0.39, 0.29) is 0 Å². The van der Waals surface area contributed by atoms with Gasteiger partial charge in [-0.1, -0.05) is 64.7 Å². The molecule has 0 saturated carbocycles. The van der Waals surface area contributed by atoms with E-state index in [0.717, 1.165) is 12.3 Å². The van der Waals surface area contributed by atoms with E-state index in [1.54, 1.807) is 6.26 Å². The van der Waals surface area contributed by atoms with Crippen LogP contribution in [0.3, 0.4) is 0 Å². The Labute approximate surface area is 123 Å². The highest BCUT2D eigenvalue weighted by atomic mass is 32.2. The third-order valence-electron chi connectivity index (χ3n) is 3.51. The topological polar surface area (TPSA) is 29.1 Å². The number of rotatable bonds is 14. The van der Waals surface area contributed by atoms with E-state index in [2.05, 4.69) is 19.2 Å². The first-order chi connectivity index (χ1) is 9.16. The maximum absolute atomic E-state index is 11.0. The molecule has 2 unspecified atom stereocenters. The lowest BCUT2D eigenvalue weighted by atomic mass is 10.1. The van der Waals surface area contributed by atoms with Gasteiger partial charge < -0.3 is 5.32 Å². The van der Waals surface area contributed by atoms with Crippen molar-refractivity contribution in [2.24, 2.45) is 0 Å². The van der Waals surface area contributed by atoms with Crippen molar-refractivity contribution in [3.63, 3.8) is 0 Å². The SMILES string of the molecule is CCCCCCCCCCCCNC(C)CS(C)=O. The Balaban J connectivity index is 3.08. The first-order valence-corrected chi connectivity index (χ1v) is 9.93. The molecule has 0 aromatic carbocycles. The zero-order valence-electron chi connectivity index (χ0n) is 13.4. The summed E-state index contributed by atoms with van der Waals surface area (Å²) in [7, 11) is -0.674. The second kappa shape index (κ2) is 14.5. The molecule has 0 aliphatic heterocycles. The van der Waals surface area contributed by atoms with Gasteiger partial charge in [0.2, 0.25) is 0 Å². The van der Waals surface area contributed by atoms with Crippen molar-refractivity contribution >= 4 is 10.8 Å². The fourth-order valence-electron chi connectivity index (χ4n) is 2.37. The third-order valence-corrected chi connectivity index (χ3v) is 4.48. The van der Waals surface area contributed by atoms with Gasteiger partial charge in [0, 0.05) is 28.9 Å². The smallest absolute Gasteiger partial charge is 0.0383 e. The molecule has 3 heteroatoms. The Morgan fingerprint density at radius 3 is 1.84 bits per heavy atom. The zero-order valence-corrected chi connectivity index (χ0v) is 14.2. The number of nitrogens with one attached hydrogen (secondary N) is 1. The molecule has 0 rings (SSSR count). The fraction of sp³-hybridized carbons (Fsp3) is 1.00. The molecule has 0 aliphatic carbocycles. The van der Waals surface area contributed by atoms with Crippen molar-refractivity contribution < 1.29 is 4.21 Å². The van der Waals surface area contributed by atoms with E-state index in [4.69, 9.17) is 0 Å². The maximum Gasteiger partial charge on any atom is 0.0383 e. The van der Waals surface area contributed by atoms with Crippen molar-refractivity contribution in [1.82, 2.24) is 5.32 Å².